The summed E-state index contributed by atoms with van der Waals surface area (Å²) in [5, 5.41) is 4.90. The number of carbonyl (C=O) groups excluding carboxylic acids is 1. The largest absolute Gasteiger partial charge is 0.322 e. The van der Waals surface area contributed by atoms with Gasteiger partial charge in [-0.15, -0.1) is 0 Å². The van der Waals surface area contributed by atoms with Crippen LogP contribution >= 0.6 is 0 Å². The maximum absolute atomic E-state index is 13.6. The van der Waals surface area contributed by atoms with Gasteiger partial charge >= 0.3 is 0 Å². The van der Waals surface area contributed by atoms with Gasteiger partial charge < -0.3 is 10.6 Å². The molecule has 3 aromatic rings. The first-order valence-electron chi connectivity index (χ1n) is 7.13. The van der Waals surface area contributed by atoms with Gasteiger partial charge in [-0.3, -0.25) is 4.79 Å². The van der Waals surface area contributed by atoms with E-state index in [1.54, 1.807) is 0 Å². The second kappa shape index (κ2) is 7.00. The summed E-state index contributed by atoms with van der Waals surface area (Å²) in [6.45, 7) is 0. The highest BCUT2D eigenvalue weighted by molar-refractivity contribution is 6.03. The molecule has 0 fully saturated rings. The van der Waals surface area contributed by atoms with Crippen molar-refractivity contribution in [1.82, 2.24) is 9.97 Å². The summed E-state index contributed by atoms with van der Waals surface area (Å²) in [6.07, 6.45) is 2.37. The van der Waals surface area contributed by atoms with Crippen LogP contribution in [0.4, 0.5) is 30.5 Å². The Balaban J connectivity index is 1.72. The zero-order chi connectivity index (χ0) is 17.8. The Hall–Kier alpha value is -3.42. The van der Waals surface area contributed by atoms with Crippen LogP contribution in [0.15, 0.2) is 54.9 Å². The predicted molar refractivity (Wildman–Crippen MR) is 86.0 cm³/mol. The third-order valence-corrected chi connectivity index (χ3v) is 3.20. The fourth-order valence-electron chi connectivity index (χ4n) is 2.01. The molecule has 1 amide bonds. The second-order valence-corrected chi connectivity index (χ2v) is 4.98. The zero-order valence-corrected chi connectivity index (χ0v) is 12.6. The smallest absolute Gasteiger partial charge is 0.258 e. The van der Waals surface area contributed by atoms with Crippen molar-refractivity contribution in [2.45, 2.75) is 0 Å². The maximum atomic E-state index is 13.6. The summed E-state index contributed by atoms with van der Waals surface area (Å²) >= 11 is 0. The summed E-state index contributed by atoms with van der Waals surface area (Å²) in [4.78, 5) is 19.7. The average Bonchev–Trinajstić information content (AvgIpc) is 2.59. The van der Waals surface area contributed by atoms with E-state index in [-0.39, 0.29) is 22.9 Å². The molecule has 0 bridgehead atoms. The average molecular weight is 344 g/mol. The Morgan fingerprint density at radius 3 is 2.20 bits per heavy atom. The molecule has 0 aliphatic carbocycles. The summed E-state index contributed by atoms with van der Waals surface area (Å²) in [5.74, 6) is -2.70. The van der Waals surface area contributed by atoms with E-state index in [4.69, 9.17) is 0 Å². The fraction of sp³-hybridized carbons (Fsp3) is 0. The highest BCUT2D eigenvalue weighted by atomic mass is 19.1. The van der Waals surface area contributed by atoms with E-state index in [2.05, 4.69) is 20.6 Å². The minimum absolute atomic E-state index is 0.0775. The van der Waals surface area contributed by atoms with Crippen molar-refractivity contribution in [1.29, 1.82) is 0 Å². The van der Waals surface area contributed by atoms with E-state index in [0.717, 1.165) is 18.2 Å². The van der Waals surface area contributed by atoms with Gasteiger partial charge in [0.05, 0.1) is 5.56 Å². The first kappa shape index (κ1) is 16.4. The molecule has 8 heteroatoms. The van der Waals surface area contributed by atoms with Crippen molar-refractivity contribution in [3.8, 4) is 0 Å². The number of nitrogens with zero attached hydrogens (tertiary/aromatic N) is 2. The maximum Gasteiger partial charge on any atom is 0.258 e. The number of para-hydroxylation sites is 1. The molecule has 0 spiro atoms. The van der Waals surface area contributed by atoms with Crippen molar-refractivity contribution < 1.29 is 18.0 Å². The highest BCUT2D eigenvalue weighted by Crippen LogP contribution is 2.21. The summed E-state index contributed by atoms with van der Waals surface area (Å²) in [6, 6.07) is 8.81. The monoisotopic (exact) mass is 344 g/mol. The molecule has 0 atom stereocenters. The lowest BCUT2D eigenvalue weighted by Gasteiger charge is -2.08. The Labute approximate surface area is 140 Å². The molecule has 1 aromatic heterocycles. The predicted octanol–water partition coefficient (Wildman–Crippen LogP) is 3.89. The molecule has 2 N–H and O–H groups in total. The molecule has 1 heterocycles. The van der Waals surface area contributed by atoms with Gasteiger partial charge in [0.2, 0.25) is 5.95 Å². The van der Waals surface area contributed by atoms with Gasteiger partial charge in [0.15, 0.2) is 0 Å². The number of hydrogen-bond acceptors (Lipinski definition) is 4. The summed E-state index contributed by atoms with van der Waals surface area (Å²) in [7, 11) is 0. The van der Waals surface area contributed by atoms with Crippen LogP contribution in [0.1, 0.15) is 10.4 Å². The van der Waals surface area contributed by atoms with Crippen molar-refractivity contribution in [2.75, 3.05) is 10.6 Å². The van der Waals surface area contributed by atoms with Crippen molar-refractivity contribution >= 4 is 23.2 Å². The number of amides is 1. The van der Waals surface area contributed by atoms with E-state index in [1.165, 1.54) is 36.7 Å². The first-order chi connectivity index (χ1) is 12.0. The molecule has 0 aliphatic rings. The number of anilines is 3. The van der Waals surface area contributed by atoms with E-state index in [9.17, 15) is 18.0 Å². The van der Waals surface area contributed by atoms with Gasteiger partial charge in [-0.05, 0) is 30.3 Å². The molecule has 3 rings (SSSR count). The minimum Gasteiger partial charge on any atom is -0.322 e. The number of carbonyl (C=O) groups is 1. The van der Waals surface area contributed by atoms with E-state index in [0.29, 0.717) is 0 Å². The topological polar surface area (TPSA) is 66.9 Å². The number of benzene rings is 2. The summed E-state index contributed by atoms with van der Waals surface area (Å²) in [5.41, 5.74) is -0.0103. The quantitative estimate of drug-likeness (QED) is 0.753. The van der Waals surface area contributed by atoms with E-state index >= 15 is 0 Å². The number of nitrogens with one attached hydrogen (secondary N) is 2. The first-order valence-corrected chi connectivity index (χ1v) is 7.13. The molecule has 25 heavy (non-hydrogen) atoms. The van der Waals surface area contributed by atoms with Gasteiger partial charge in [0, 0.05) is 18.1 Å². The molecule has 2 aromatic carbocycles. The lowest BCUT2D eigenvalue weighted by molar-refractivity contribution is 0.102. The van der Waals surface area contributed by atoms with Crippen molar-refractivity contribution in [3.63, 3.8) is 0 Å². The molecule has 126 valence electrons. The summed E-state index contributed by atoms with van der Waals surface area (Å²) < 4.78 is 40.2. The van der Waals surface area contributed by atoms with E-state index in [1.807, 2.05) is 0 Å². The van der Waals surface area contributed by atoms with Gasteiger partial charge in [-0.2, -0.15) is 0 Å². The van der Waals surface area contributed by atoms with Crippen LogP contribution < -0.4 is 10.6 Å². The molecular weight excluding hydrogens is 333 g/mol. The zero-order valence-electron chi connectivity index (χ0n) is 12.6. The molecule has 5 nitrogen and oxygen atoms in total. The molecule has 0 saturated carbocycles. The third-order valence-electron chi connectivity index (χ3n) is 3.20. The number of hydrogen-bond donors (Lipinski definition) is 2. The second-order valence-electron chi connectivity index (χ2n) is 4.98. The number of aromatic nitrogens is 2. The number of halogens is 3. The Morgan fingerprint density at radius 2 is 1.56 bits per heavy atom. The lowest BCUT2D eigenvalue weighted by Crippen LogP contribution is -2.13. The molecule has 0 unspecified atom stereocenters. The number of rotatable bonds is 4. The van der Waals surface area contributed by atoms with Crippen molar-refractivity contribution in [3.05, 3.63) is 77.9 Å². The van der Waals surface area contributed by atoms with Crippen LogP contribution in [0, 0.1) is 17.5 Å². The van der Waals surface area contributed by atoms with Crippen LogP contribution in [0.25, 0.3) is 0 Å². The molecule has 0 radical (unpaired) electrons. The highest BCUT2D eigenvalue weighted by Gasteiger charge is 2.11. The normalized spacial score (nSPS) is 10.4. The molecule has 0 saturated heterocycles. The van der Waals surface area contributed by atoms with Crippen LogP contribution in [0.3, 0.4) is 0 Å². The SMILES string of the molecule is O=C(Nc1cccc(F)c1)c1cnc(Nc2c(F)cccc2F)nc1. The molecular formula is C17H11F3N4O. The van der Waals surface area contributed by atoms with Crippen LogP contribution in [0.5, 0.6) is 0 Å². The van der Waals surface area contributed by atoms with Gasteiger partial charge in [0.1, 0.15) is 23.1 Å². The Morgan fingerprint density at radius 1 is 0.920 bits per heavy atom. The van der Waals surface area contributed by atoms with Crippen LogP contribution in [-0.4, -0.2) is 15.9 Å². The standard InChI is InChI=1S/C17H11F3N4O/c18-11-3-1-4-12(7-11)23-16(25)10-8-21-17(22-9-10)24-15-13(19)5-2-6-14(15)20/h1-9H,(H,23,25)(H,21,22,24). The van der Waals surface area contributed by atoms with Crippen LogP contribution in [0.2, 0.25) is 0 Å². The van der Waals surface area contributed by atoms with Crippen molar-refractivity contribution in [2.24, 2.45) is 0 Å². The Kier molecular flexibility index (Phi) is 4.60. The fourth-order valence-corrected chi connectivity index (χ4v) is 2.01. The van der Waals surface area contributed by atoms with Gasteiger partial charge in [-0.1, -0.05) is 12.1 Å². The minimum atomic E-state index is -0.795. The molecule has 0 aliphatic heterocycles. The lowest BCUT2D eigenvalue weighted by atomic mass is 10.2. The van der Waals surface area contributed by atoms with Gasteiger partial charge in [-0.25, -0.2) is 23.1 Å². The van der Waals surface area contributed by atoms with Gasteiger partial charge in [0.25, 0.3) is 5.91 Å². The van der Waals surface area contributed by atoms with E-state index < -0.39 is 23.4 Å². The Bertz CT molecular complexity index is 896. The third kappa shape index (κ3) is 3.92. The van der Waals surface area contributed by atoms with Crippen LogP contribution in [-0.2, 0) is 0 Å².